The Morgan fingerprint density at radius 1 is 1.35 bits per heavy atom. The van der Waals surface area contributed by atoms with Crippen molar-refractivity contribution in [2.45, 2.75) is 19.4 Å². The number of nitrogens with one attached hydrogen (secondary N) is 1. The van der Waals surface area contributed by atoms with Gasteiger partial charge in [-0.05, 0) is 18.6 Å². The van der Waals surface area contributed by atoms with Crippen LogP contribution in [-0.4, -0.2) is 30.2 Å². The molecule has 1 aromatic rings. The van der Waals surface area contributed by atoms with Crippen LogP contribution in [0.4, 0.5) is 10.5 Å². The molecule has 0 bridgehead atoms. The number of benzene rings is 1. The summed E-state index contributed by atoms with van der Waals surface area (Å²) in [4.78, 5) is 23.9. The number of aliphatic carboxylic acids is 1. The minimum atomic E-state index is -1.03. The fourth-order valence-corrected chi connectivity index (χ4v) is 1.35. The van der Waals surface area contributed by atoms with Gasteiger partial charge in [0.2, 0.25) is 0 Å². The van der Waals surface area contributed by atoms with Crippen LogP contribution in [0.25, 0.3) is 0 Å². The first-order valence-electron chi connectivity index (χ1n) is 5.38. The SMILES string of the molecule is CC[C@H](NC(=O)N(C)c1ccccc1)C(=O)O. The van der Waals surface area contributed by atoms with E-state index in [1.165, 1.54) is 4.90 Å². The fourth-order valence-electron chi connectivity index (χ4n) is 1.35. The van der Waals surface area contributed by atoms with Crippen molar-refractivity contribution in [3.63, 3.8) is 0 Å². The number of nitrogens with zero attached hydrogens (tertiary/aromatic N) is 1. The molecule has 1 atom stereocenters. The lowest BCUT2D eigenvalue weighted by atomic mass is 10.2. The Morgan fingerprint density at radius 3 is 2.41 bits per heavy atom. The molecule has 0 heterocycles. The summed E-state index contributed by atoms with van der Waals surface area (Å²) in [6.45, 7) is 1.71. The van der Waals surface area contributed by atoms with Gasteiger partial charge in [0.05, 0.1) is 0 Å². The van der Waals surface area contributed by atoms with E-state index in [2.05, 4.69) is 5.32 Å². The number of anilines is 1. The molecular weight excluding hydrogens is 220 g/mol. The lowest BCUT2D eigenvalue weighted by Crippen LogP contribution is -2.46. The number of para-hydroxylation sites is 1. The molecule has 0 aliphatic heterocycles. The van der Waals surface area contributed by atoms with Gasteiger partial charge in [-0.25, -0.2) is 9.59 Å². The molecule has 0 unspecified atom stereocenters. The smallest absolute Gasteiger partial charge is 0.326 e. The molecule has 0 fully saturated rings. The number of rotatable bonds is 4. The second-order valence-corrected chi connectivity index (χ2v) is 3.64. The Kier molecular flexibility index (Phi) is 4.51. The minimum absolute atomic E-state index is 0.351. The summed E-state index contributed by atoms with van der Waals surface area (Å²) in [5.74, 6) is -1.03. The molecule has 1 aromatic carbocycles. The Balaban J connectivity index is 2.68. The average molecular weight is 236 g/mol. The van der Waals surface area contributed by atoms with E-state index in [4.69, 9.17) is 5.11 Å². The van der Waals surface area contributed by atoms with Crippen LogP contribution in [0.5, 0.6) is 0 Å². The van der Waals surface area contributed by atoms with E-state index in [0.29, 0.717) is 12.1 Å². The van der Waals surface area contributed by atoms with Crippen LogP contribution in [0.15, 0.2) is 30.3 Å². The van der Waals surface area contributed by atoms with Gasteiger partial charge >= 0.3 is 12.0 Å². The van der Waals surface area contributed by atoms with Gasteiger partial charge < -0.3 is 10.4 Å². The van der Waals surface area contributed by atoms with Crippen molar-refractivity contribution < 1.29 is 14.7 Å². The summed E-state index contributed by atoms with van der Waals surface area (Å²) >= 11 is 0. The first kappa shape index (κ1) is 13.0. The van der Waals surface area contributed by atoms with E-state index in [-0.39, 0.29) is 0 Å². The molecule has 0 aliphatic rings. The molecular formula is C12H16N2O3. The van der Waals surface area contributed by atoms with Gasteiger partial charge in [0.25, 0.3) is 0 Å². The third-order valence-electron chi connectivity index (χ3n) is 2.45. The largest absolute Gasteiger partial charge is 0.480 e. The highest BCUT2D eigenvalue weighted by Gasteiger charge is 2.20. The van der Waals surface area contributed by atoms with Gasteiger partial charge in [-0.2, -0.15) is 0 Å². The topological polar surface area (TPSA) is 69.6 Å². The molecule has 5 nitrogen and oxygen atoms in total. The number of carboxylic acids is 1. The molecule has 0 radical (unpaired) electrons. The maximum atomic E-state index is 11.8. The fraction of sp³-hybridized carbons (Fsp3) is 0.333. The predicted molar refractivity (Wildman–Crippen MR) is 65.1 cm³/mol. The van der Waals surface area contributed by atoms with Gasteiger partial charge in [-0.3, -0.25) is 4.90 Å². The van der Waals surface area contributed by atoms with Crippen molar-refractivity contribution >= 4 is 17.7 Å². The standard InChI is InChI=1S/C12H16N2O3/c1-3-10(11(15)16)13-12(17)14(2)9-7-5-4-6-8-9/h4-8,10H,3H2,1-2H3,(H,13,17)(H,15,16)/t10-/m0/s1. The van der Waals surface area contributed by atoms with Crippen molar-refractivity contribution in [1.29, 1.82) is 0 Å². The third kappa shape index (κ3) is 3.48. The van der Waals surface area contributed by atoms with Crippen LogP contribution < -0.4 is 10.2 Å². The normalized spacial score (nSPS) is 11.6. The first-order chi connectivity index (χ1) is 8.06. The van der Waals surface area contributed by atoms with Crippen LogP contribution in [0.3, 0.4) is 0 Å². The summed E-state index contributed by atoms with van der Waals surface area (Å²) in [6, 6.07) is 7.75. The van der Waals surface area contributed by atoms with Crippen LogP contribution in [0, 0.1) is 0 Å². The summed E-state index contributed by atoms with van der Waals surface area (Å²) in [7, 11) is 1.60. The van der Waals surface area contributed by atoms with Crippen LogP contribution in [-0.2, 0) is 4.79 Å². The molecule has 0 saturated heterocycles. The maximum Gasteiger partial charge on any atom is 0.326 e. The highest BCUT2D eigenvalue weighted by atomic mass is 16.4. The number of hydrogen-bond acceptors (Lipinski definition) is 2. The molecule has 17 heavy (non-hydrogen) atoms. The van der Waals surface area contributed by atoms with E-state index in [0.717, 1.165) is 0 Å². The predicted octanol–water partition coefficient (Wildman–Crippen LogP) is 1.70. The van der Waals surface area contributed by atoms with E-state index < -0.39 is 18.0 Å². The van der Waals surface area contributed by atoms with Crippen molar-refractivity contribution in [2.24, 2.45) is 0 Å². The van der Waals surface area contributed by atoms with Gasteiger partial charge in [-0.15, -0.1) is 0 Å². The van der Waals surface area contributed by atoms with Gasteiger partial charge in [0.15, 0.2) is 0 Å². The number of carboxylic acid groups (broad SMARTS) is 1. The third-order valence-corrected chi connectivity index (χ3v) is 2.45. The second kappa shape index (κ2) is 5.89. The molecule has 0 aromatic heterocycles. The molecule has 2 amide bonds. The van der Waals surface area contributed by atoms with Crippen molar-refractivity contribution in [1.82, 2.24) is 5.32 Å². The molecule has 0 saturated carbocycles. The van der Waals surface area contributed by atoms with Crippen LogP contribution in [0.2, 0.25) is 0 Å². The summed E-state index contributed by atoms with van der Waals surface area (Å²) in [6.07, 6.45) is 0.351. The van der Waals surface area contributed by atoms with Crippen molar-refractivity contribution in [3.8, 4) is 0 Å². The number of carbonyl (C=O) groups excluding carboxylic acids is 1. The summed E-state index contributed by atoms with van der Waals surface area (Å²) in [5.41, 5.74) is 0.713. The summed E-state index contributed by atoms with van der Waals surface area (Å²) in [5, 5.41) is 11.3. The van der Waals surface area contributed by atoms with Crippen molar-refractivity contribution in [3.05, 3.63) is 30.3 Å². The molecule has 1 rings (SSSR count). The zero-order chi connectivity index (χ0) is 12.8. The van der Waals surface area contributed by atoms with E-state index >= 15 is 0 Å². The first-order valence-corrected chi connectivity index (χ1v) is 5.38. The van der Waals surface area contributed by atoms with Crippen molar-refractivity contribution in [2.75, 3.05) is 11.9 Å². The van der Waals surface area contributed by atoms with Crippen LogP contribution >= 0.6 is 0 Å². The Labute approximate surface area is 100 Å². The lowest BCUT2D eigenvalue weighted by Gasteiger charge is -2.20. The Bertz CT molecular complexity index is 392. The number of carbonyl (C=O) groups is 2. The Hall–Kier alpha value is -2.04. The summed E-state index contributed by atoms with van der Waals surface area (Å²) < 4.78 is 0. The highest BCUT2D eigenvalue weighted by molar-refractivity contribution is 5.93. The molecule has 0 aliphatic carbocycles. The van der Waals surface area contributed by atoms with E-state index in [1.54, 1.807) is 26.1 Å². The quantitative estimate of drug-likeness (QED) is 0.835. The van der Waals surface area contributed by atoms with Crippen LogP contribution in [0.1, 0.15) is 13.3 Å². The molecule has 2 N–H and O–H groups in total. The van der Waals surface area contributed by atoms with Gasteiger partial charge in [0, 0.05) is 12.7 Å². The number of urea groups is 1. The van der Waals surface area contributed by atoms with E-state index in [1.807, 2.05) is 18.2 Å². The van der Waals surface area contributed by atoms with E-state index in [9.17, 15) is 9.59 Å². The Morgan fingerprint density at radius 2 is 1.94 bits per heavy atom. The second-order valence-electron chi connectivity index (χ2n) is 3.64. The average Bonchev–Trinajstić information content (AvgIpc) is 2.35. The monoisotopic (exact) mass is 236 g/mol. The molecule has 0 spiro atoms. The lowest BCUT2D eigenvalue weighted by molar-refractivity contribution is -0.139. The minimum Gasteiger partial charge on any atom is -0.480 e. The highest BCUT2D eigenvalue weighted by Crippen LogP contribution is 2.11. The van der Waals surface area contributed by atoms with Gasteiger partial charge in [-0.1, -0.05) is 25.1 Å². The maximum absolute atomic E-state index is 11.8. The number of amides is 2. The van der Waals surface area contributed by atoms with Gasteiger partial charge in [0.1, 0.15) is 6.04 Å². The molecule has 5 heteroatoms. The molecule has 92 valence electrons. The number of hydrogen-bond donors (Lipinski definition) is 2. The zero-order valence-electron chi connectivity index (χ0n) is 9.88. The zero-order valence-corrected chi connectivity index (χ0v) is 9.88.